The molecule has 0 aliphatic heterocycles. The van der Waals surface area contributed by atoms with Crippen molar-refractivity contribution in [1.29, 1.82) is 0 Å². The number of nitrogens with one attached hydrogen (secondary N) is 1. The monoisotopic (exact) mass is 440 g/mol. The fraction of sp³-hybridized carbons (Fsp3) is 0. The van der Waals surface area contributed by atoms with Crippen molar-refractivity contribution in [1.82, 2.24) is 4.98 Å². The van der Waals surface area contributed by atoms with Crippen molar-refractivity contribution in [2.75, 3.05) is 5.32 Å². The number of hydrogen-bond acceptors (Lipinski definition) is 4. The zero-order valence-corrected chi connectivity index (χ0v) is 17.3. The molecule has 0 saturated carbocycles. The zero-order valence-electron chi connectivity index (χ0n) is 14.9. The van der Waals surface area contributed by atoms with Crippen LogP contribution in [0.5, 0.6) is 11.5 Å². The van der Waals surface area contributed by atoms with Crippen molar-refractivity contribution < 1.29 is 9.53 Å². The van der Waals surface area contributed by atoms with Crippen LogP contribution in [0.1, 0.15) is 10.4 Å². The van der Waals surface area contributed by atoms with E-state index in [0.717, 1.165) is 0 Å². The minimum absolute atomic E-state index is 0.276. The van der Waals surface area contributed by atoms with Gasteiger partial charge in [-0.05, 0) is 48.5 Å². The summed E-state index contributed by atoms with van der Waals surface area (Å²) in [5, 5.41) is 6.21. The van der Waals surface area contributed by atoms with Gasteiger partial charge in [-0.2, -0.15) is 0 Å². The molecule has 1 heterocycles. The third-order valence-corrected chi connectivity index (χ3v) is 5.33. The van der Waals surface area contributed by atoms with Crippen molar-refractivity contribution >= 4 is 45.6 Å². The molecular weight excluding hydrogens is 427 g/mol. The van der Waals surface area contributed by atoms with E-state index < -0.39 is 0 Å². The SMILES string of the molecule is O=C(Nc1nc(-c2cc(Cl)ccc2Cl)cs1)c1cccc(Oc2ccccc2)c1. The number of amides is 1. The van der Waals surface area contributed by atoms with E-state index in [4.69, 9.17) is 27.9 Å². The summed E-state index contributed by atoms with van der Waals surface area (Å²) in [6.45, 7) is 0. The van der Waals surface area contributed by atoms with Gasteiger partial charge in [-0.3, -0.25) is 10.1 Å². The predicted octanol–water partition coefficient (Wildman–Crippen LogP) is 7.16. The lowest BCUT2D eigenvalue weighted by molar-refractivity contribution is 0.102. The van der Waals surface area contributed by atoms with Gasteiger partial charge in [0.05, 0.1) is 10.7 Å². The second kappa shape index (κ2) is 8.66. The van der Waals surface area contributed by atoms with Gasteiger partial charge in [0.2, 0.25) is 0 Å². The first-order valence-corrected chi connectivity index (χ1v) is 10.3. The number of nitrogens with zero attached hydrogens (tertiary/aromatic N) is 1. The maximum absolute atomic E-state index is 12.6. The first kappa shape index (κ1) is 19.5. The third kappa shape index (κ3) is 4.77. The van der Waals surface area contributed by atoms with Gasteiger partial charge >= 0.3 is 0 Å². The summed E-state index contributed by atoms with van der Waals surface area (Å²) in [5.74, 6) is 1.00. The van der Waals surface area contributed by atoms with E-state index in [2.05, 4.69) is 10.3 Å². The molecule has 0 aliphatic carbocycles. The minimum atomic E-state index is -0.276. The Hall–Kier alpha value is -2.86. The molecule has 1 N–H and O–H groups in total. The Bertz CT molecular complexity index is 1160. The van der Waals surface area contributed by atoms with Gasteiger partial charge in [0.15, 0.2) is 5.13 Å². The standard InChI is InChI=1S/C22H14Cl2N2O2S/c23-15-9-10-19(24)18(12-15)20-13-29-22(25-20)26-21(27)14-5-4-8-17(11-14)28-16-6-2-1-3-7-16/h1-13H,(H,25,26,27). The Balaban J connectivity index is 1.49. The Kier molecular flexibility index (Phi) is 5.81. The summed E-state index contributed by atoms with van der Waals surface area (Å²) >= 11 is 13.6. The zero-order chi connectivity index (χ0) is 20.2. The average molecular weight is 441 g/mol. The largest absolute Gasteiger partial charge is 0.457 e. The predicted molar refractivity (Wildman–Crippen MR) is 118 cm³/mol. The lowest BCUT2D eigenvalue weighted by Gasteiger charge is -2.07. The van der Waals surface area contributed by atoms with Crippen molar-refractivity contribution in [3.8, 4) is 22.8 Å². The molecule has 0 aliphatic rings. The summed E-state index contributed by atoms with van der Waals surface area (Å²) < 4.78 is 5.79. The number of ether oxygens (including phenoxy) is 1. The molecule has 0 radical (unpaired) electrons. The molecule has 1 amide bonds. The summed E-state index contributed by atoms with van der Waals surface area (Å²) in [7, 11) is 0. The number of carbonyl (C=O) groups excluding carboxylic acids is 1. The molecule has 0 saturated heterocycles. The molecule has 29 heavy (non-hydrogen) atoms. The number of para-hydroxylation sites is 1. The third-order valence-electron chi connectivity index (χ3n) is 4.00. The Labute approximate surface area is 181 Å². The maximum atomic E-state index is 12.6. The van der Waals surface area contributed by atoms with Gasteiger partial charge in [0, 0.05) is 21.5 Å². The van der Waals surface area contributed by atoms with Crippen LogP contribution in [0.25, 0.3) is 11.3 Å². The quantitative estimate of drug-likeness (QED) is 0.358. The van der Waals surface area contributed by atoms with Gasteiger partial charge in [0.1, 0.15) is 11.5 Å². The van der Waals surface area contributed by atoms with Crippen LogP contribution in [0.2, 0.25) is 10.0 Å². The number of halogens is 2. The molecule has 0 unspecified atom stereocenters. The molecule has 0 atom stereocenters. The Morgan fingerprint density at radius 2 is 1.72 bits per heavy atom. The van der Waals surface area contributed by atoms with Crippen LogP contribution in [0.3, 0.4) is 0 Å². The van der Waals surface area contributed by atoms with Crippen LogP contribution < -0.4 is 10.1 Å². The number of carbonyl (C=O) groups is 1. The maximum Gasteiger partial charge on any atom is 0.257 e. The summed E-state index contributed by atoms with van der Waals surface area (Å²) in [5.41, 5.74) is 1.84. The summed E-state index contributed by atoms with van der Waals surface area (Å²) in [6, 6.07) is 21.5. The van der Waals surface area contributed by atoms with Gasteiger partial charge < -0.3 is 4.74 Å². The fourth-order valence-electron chi connectivity index (χ4n) is 2.64. The second-order valence-electron chi connectivity index (χ2n) is 6.06. The summed E-state index contributed by atoms with van der Waals surface area (Å²) in [6.07, 6.45) is 0. The van der Waals surface area contributed by atoms with Crippen molar-refractivity contribution in [3.05, 3.63) is 93.8 Å². The molecule has 4 aromatic rings. The lowest BCUT2D eigenvalue weighted by Crippen LogP contribution is -2.11. The van der Waals surface area contributed by atoms with Crippen molar-refractivity contribution in [2.45, 2.75) is 0 Å². The number of anilines is 1. The van der Waals surface area contributed by atoms with E-state index in [1.54, 1.807) is 42.5 Å². The molecule has 4 rings (SSSR count). The van der Waals surface area contributed by atoms with E-state index in [1.165, 1.54) is 11.3 Å². The van der Waals surface area contributed by atoms with E-state index in [1.807, 2.05) is 35.7 Å². The summed E-state index contributed by atoms with van der Waals surface area (Å²) in [4.78, 5) is 17.1. The number of hydrogen-bond donors (Lipinski definition) is 1. The minimum Gasteiger partial charge on any atom is -0.457 e. The van der Waals surface area contributed by atoms with Crippen molar-refractivity contribution in [2.24, 2.45) is 0 Å². The molecule has 0 spiro atoms. The number of benzene rings is 3. The highest BCUT2D eigenvalue weighted by Crippen LogP contribution is 2.32. The normalized spacial score (nSPS) is 10.6. The second-order valence-corrected chi connectivity index (χ2v) is 7.76. The van der Waals surface area contributed by atoms with Crippen LogP contribution in [-0.2, 0) is 0 Å². The molecule has 0 bridgehead atoms. The highest BCUT2D eigenvalue weighted by molar-refractivity contribution is 7.14. The first-order chi connectivity index (χ1) is 14.1. The van der Waals surface area contributed by atoms with E-state index in [-0.39, 0.29) is 5.91 Å². The molecular formula is C22H14Cl2N2O2S. The fourth-order valence-corrected chi connectivity index (χ4v) is 3.74. The molecule has 7 heteroatoms. The van der Waals surface area contributed by atoms with Crippen LogP contribution in [0.15, 0.2) is 78.2 Å². The average Bonchev–Trinajstić information content (AvgIpc) is 3.19. The van der Waals surface area contributed by atoms with Gasteiger partial charge in [0.25, 0.3) is 5.91 Å². The molecule has 144 valence electrons. The van der Waals surface area contributed by atoms with Gasteiger partial charge in [-0.1, -0.05) is 47.5 Å². The number of thiazole rings is 1. The number of aromatic nitrogens is 1. The highest BCUT2D eigenvalue weighted by Gasteiger charge is 2.13. The van der Waals surface area contributed by atoms with Crippen molar-refractivity contribution in [3.63, 3.8) is 0 Å². The lowest BCUT2D eigenvalue weighted by atomic mass is 10.2. The topological polar surface area (TPSA) is 51.2 Å². The molecule has 1 aromatic heterocycles. The Morgan fingerprint density at radius 1 is 0.931 bits per heavy atom. The Morgan fingerprint density at radius 3 is 2.55 bits per heavy atom. The van der Waals surface area contributed by atoms with E-state index >= 15 is 0 Å². The number of rotatable bonds is 5. The smallest absolute Gasteiger partial charge is 0.257 e. The van der Waals surface area contributed by atoms with E-state index in [0.29, 0.717) is 43.5 Å². The van der Waals surface area contributed by atoms with Crippen LogP contribution in [0, 0.1) is 0 Å². The molecule has 0 fully saturated rings. The molecule has 4 nitrogen and oxygen atoms in total. The van der Waals surface area contributed by atoms with Crippen LogP contribution >= 0.6 is 34.5 Å². The first-order valence-electron chi connectivity index (χ1n) is 8.64. The van der Waals surface area contributed by atoms with E-state index in [9.17, 15) is 4.79 Å². The van der Waals surface area contributed by atoms with Gasteiger partial charge in [-0.15, -0.1) is 11.3 Å². The van der Waals surface area contributed by atoms with Gasteiger partial charge in [-0.25, -0.2) is 4.98 Å². The molecule has 3 aromatic carbocycles. The highest BCUT2D eigenvalue weighted by atomic mass is 35.5. The van der Waals surface area contributed by atoms with Crippen LogP contribution in [-0.4, -0.2) is 10.9 Å². The van der Waals surface area contributed by atoms with Crippen LogP contribution in [0.4, 0.5) is 5.13 Å².